The third kappa shape index (κ3) is 3.11. The van der Waals surface area contributed by atoms with Crippen LogP contribution in [-0.4, -0.2) is 24.2 Å². The second kappa shape index (κ2) is 5.80. The van der Waals surface area contributed by atoms with Crippen LogP contribution in [0, 0.1) is 12.4 Å². The number of anilines is 1. The molecule has 1 aromatic heterocycles. The Morgan fingerprint density at radius 2 is 2.05 bits per heavy atom. The summed E-state index contributed by atoms with van der Waals surface area (Å²) in [5, 5.41) is 0. The fourth-order valence-corrected chi connectivity index (χ4v) is 2.39. The van der Waals surface area contributed by atoms with E-state index in [1.807, 2.05) is 0 Å². The lowest BCUT2D eigenvalue weighted by Crippen LogP contribution is -2.24. The number of hydrogen-bond donors (Lipinski definition) is 0. The van der Waals surface area contributed by atoms with E-state index in [9.17, 15) is 4.39 Å². The lowest BCUT2D eigenvalue weighted by molar-refractivity contribution is 0.216. The highest BCUT2D eigenvalue weighted by Crippen LogP contribution is 2.23. The zero-order valence-electron chi connectivity index (χ0n) is 11.4. The quantitative estimate of drug-likeness (QED) is 0.808. The van der Waals surface area contributed by atoms with Crippen molar-refractivity contribution in [3.05, 3.63) is 59.8 Å². The zero-order chi connectivity index (χ0) is 14.7. The van der Waals surface area contributed by atoms with Crippen molar-refractivity contribution in [1.29, 1.82) is 0 Å². The van der Waals surface area contributed by atoms with Crippen molar-refractivity contribution < 1.29 is 9.13 Å². The molecule has 1 unspecified atom stereocenters. The minimum absolute atomic E-state index is 0.0568. The maximum Gasteiger partial charge on any atom is 0.210 e. The van der Waals surface area contributed by atoms with Gasteiger partial charge in [-0.15, -0.1) is 0 Å². The van der Waals surface area contributed by atoms with Crippen LogP contribution >= 0.6 is 0 Å². The van der Waals surface area contributed by atoms with Crippen LogP contribution in [0.2, 0.25) is 0 Å². The highest BCUT2D eigenvalue weighted by atomic mass is 19.1. The highest BCUT2D eigenvalue weighted by molar-refractivity contribution is 5.47. The molecular formula is C16H14FN3O. The molecule has 106 valence electrons. The molecule has 0 aliphatic carbocycles. The summed E-state index contributed by atoms with van der Waals surface area (Å²) >= 11 is 0. The summed E-state index contributed by atoms with van der Waals surface area (Å²) in [7, 11) is 0. The van der Waals surface area contributed by atoms with Gasteiger partial charge in [0.15, 0.2) is 0 Å². The van der Waals surface area contributed by atoms with Gasteiger partial charge in [-0.2, -0.15) is 0 Å². The summed E-state index contributed by atoms with van der Waals surface area (Å²) in [4.78, 5) is 9.58. The van der Waals surface area contributed by atoms with Crippen LogP contribution in [0.15, 0.2) is 42.6 Å². The molecule has 4 nitrogen and oxygen atoms in total. The lowest BCUT2D eigenvalue weighted by Gasteiger charge is -2.18. The Morgan fingerprint density at radius 1 is 1.24 bits per heavy atom. The van der Waals surface area contributed by atoms with Gasteiger partial charge in [0.1, 0.15) is 11.9 Å². The summed E-state index contributed by atoms with van der Waals surface area (Å²) < 4.78 is 18.7. The average molecular weight is 283 g/mol. The monoisotopic (exact) mass is 283 g/mol. The van der Waals surface area contributed by atoms with Crippen molar-refractivity contribution in [2.75, 3.05) is 18.0 Å². The molecule has 0 bridgehead atoms. The van der Waals surface area contributed by atoms with E-state index < -0.39 is 0 Å². The van der Waals surface area contributed by atoms with Gasteiger partial charge in [0.2, 0.25) is 11.6 Å². The Balaban J connectivity index is 1.61. The van der Waals surface area contributed by atoms with Crippen molar-refractivity contribution in [3.8, 4) is 5.88 Å². The van der Waals surface area contributed by atoms with Gasteiger partial charge in [-0.05, 0) is 36.4 Å². The summed E-state index contributed by atoms with van der Waals surface area (Å²) in [5.74, 6) is 0.309. The lowest BCUT2D eigenvalue weighted by atomic mass is 10.3. The first-order chi connectivity index (χ1) is 10.2. The van der Waals surface area contributed by atoms with Crippen LogP contribution in [0.3, 0.4) is 0 Å². The van der Waals surface area contributed by atoms with Crippen LogP contribution in [0.25, 0.3) is 4.85 Å². The van der Waals surface area contributed by atoms with Crippen molar-refractivity contribution in [3.63, 3.8) is 0 Å². The molecule has 1 aliphatic heterocycles. The first kappa shape index (κ1) is 13.4. The highest BCUT2D eigenvalue weighted by Gasteiger charge is 2.24. The van der Waals surface area contributed by atoms with Crippen LogP contribution in [0.4, 0.5) is 15.8 Å². The van der Waals surface area contributed by atoms with Crippen LogP contribution in [-0.2, 0) is 0 Å². The maximum atomic E-state index is 12.9. The van der Waals surface area contributed by atoms with E-state index in [0.717, 1.165) is 25.2 Å². The predicted molar refractivity (Wildman–Crippen MR) is 78.1 cm³/mol. The van der Waals surface area contributed by atoms with E-state index in [-0.39, 0.29) is 11.9 Å². The molecular weight excluding hydrogens is 269 g/mol. The van der Waals surface area contributed by atoms with E-state index in [2.05, 4.69) is 14.7 Å². The molecule has 21 heavy (non-hydrogen) atoms. The Kier molecular flexibility index (Phi) is 3.69. The van der Waals surface area contributed by atoms with E-state index in [0.29, 0.717) is 11.6 Å². The molecule has 5 heteroatoms. The number of benzene rings is 1. The maximum absolute atomic E-state index is 12.9. The second-order valence-electron chi connectivity index (χ2n) is 4.92. The molecule has 1 fully saturated rings. The minimum atomic E-state index is -0.227. The number of halogens is 1. The third-order valence-corrected chi connectivity index (χ3v) is 3.47. The number of aromatic nitrogens is 1. The smallest absolute Gasteiger partial charge is 0.210 e. The molecule has 2 aromatic rings. The standard InChI is InChI=1S/C16H14FN3O/c1-18-13-4-7-16(19-10-13)21-15-8-9-20(11-15)14-5-2-12(17)3-6-14/h2-7,10,15H,8-9,11H2. The molecule has 0 saturated carbocycles. The summed E-state index contributed by atoms with van der Waals surface area (Å²) in [5.41, 5.74) is 1.50. The Morgan fingerprint density at radius 3 is 2.71 bits per heavy atom. The van der Waals surface area contributed by atoms with Crippen molar-refractivity contribution in [1.82, 2.24) is 4.98 Å². The van der Waals surface area contributed by atoms with Crippen molar-refractivity contribution in [2.24, 2.45) is 0 Å². The summed E-state index contributed by atoms with van der Waals surface area (Å²) in [6.07, 6.45) is 2.46. The molecule has 1 saturated heterocycles. The van der Waals surface area contributed by atoms with Crippen LogP contribution in [0.1, 0.15) is 6.42 Å². The topological polar surface area (TPSA) is 29.7 Å². The number of hydrogen-bond acceptors (Lipinski definition) is 3. The SMILES string of the molecule is [C-]#[N+]c1ccc(OC2CCN(c3ccc(F)cc3)C2)nc1. The second-order valence-corrected chi connectivity index (χ2v) is 4.92. The van der Waals surface area contributed by atoms with Crippen molar-refractivity contribution >= 4 is 11.4 Å². The van der Waals surface area contributed by atoms with Gasteiger partial charge in [0.25, 0.3) is 0 Å². The summed E-state index contributed by atoms with van der Waals surface area (Å²) in [6, 6.07) is 9.90. The molecule has 0 radical (unpaired) electrons. The Hall–Kier alpha value is -2.61. The third-order valence-electron chi connectivity index (χ3n) is 3.47. The normalized spacial score (nSPS) is 17.5. The van der Waals surface area contributed by atoms with Gasteiger partial charge in [-0.3, -0.25) is 0 Å². The van der Waals surface area contributed by atoms with Crippen LogP contribution < -0.4 is 9.64 Å². The number of rotatable bonds is 3. The van der Waals surface area contributed by atoms with E-state index in [1.54, 1.807) is 24.3 Å². The molecule has 3 rings (SSSR count). The average Bonchev–Trinajstić information content (AvgIpc) is 2.97. The Bertz CT molecular complexity index is 649. The first-order valence-corrected chi connectivity index (χ1v) is 6.75. The minimum Gasteiger partial charge on any atom is -0.472 e. The predicted octanol–water partition coefficient (Wildman–Crippen LogP) is 3.43. The molecule has 1 atom stereocenters. The molecule has 2 heterocycles. The Labute approximate surface area is 122 Å². The molecule has 1 aromatic carbocycles. The molecule has 0 N–H and O–H groups in total. The van der Waals surface area contributed by atoms with E-state index in [1.165, 1.54) is 18.3 Å². The molecule has 1 aliphatic rings. The van der Waals surface area contributed by atoms with Gasteiger partial charge >= 0.3 is 0 Å². The number of pyridine rings is 1. The fraction of sp³-hybridized carbons (Fsp3) is 0.250. The number of nitrogens with zero attached hydrogens (tertiary/aromatic N) is 3. The molecule has 0 amide bonds. The van der Waals surface area contributed by atoms with E-state index >= 15 is 0 Å². The first-order valence-electron chi connectivity index (χ1n) is 6.75. The van der Waals surface area contributed by atoms with Crippen molar-refractivity contribution in [2.45, 2.75) is 12.5 Å². The van der Waals surface area contributed by atoms with Gasteiger partial charge in [-0.25, -0.2) is 14.2 Å². The van der Waals surface area contributed by atoms with Gasteiger partial charge in [0.05, 0.1) is 13.1 Å². The fourth-order valence-electron chi connectivity index (χ4n) is 2.39. The van der Waals surface area contributed by atoms with Gasteiger partial charge in [0, 0.05) is 24.8 Å². The van der Waals surface area contributed by atoms with Gasteiger partial charge < -0.3 is 9.64 Å². The molecule has 0 spiro atoms. The van der Waals surface area contributed by atoms with Crippen LogP contribution in [0.5, 0.6) is 5.88 Å². The largest absolute Gasteiger partial charge is 0.472 e. The zero-order valence-corrected chi connectivity index (χ0v) is 11.4. The van der Waals surface area contributed by atoms with Gasteiger partial charge in [-0.1, -0.05) is 0 Å². The van der Waals surface area contributed by atoms with E-state index in [4.69, 9.17) is 11.3 Å². The number of ether oxygens (including phenoxy) is 1. The summed E-state index contributed by atoms with van der Waals surface area (Å²) in [6.45, 7) is 8.51.